The number of hydrogen-bond donors (Lipinski definition) is 5. The number of hydrogen-bond acceptors (Lipinski definition) is 10. The molecule has 0 radical (unpaired) electrons. The molecule has 0 saturated carbocycles. The van der Waals surface area contributed by atoms with Crippen LogP contribution in [0.25, 0.3) is 0 Å². The molecule has 0 aliphatic carbocycles. The van der Waals surface area contributed by atoms with Crippen molar-refractivity contribution in [2.75, 3.05) is 6.61 Å². The van der Waals surface area contributed by atoms with Crippen molar-refractivity contribution in [3.05, 3.63) is 0 Å². The summed E-state index contributed by atoms with van der Waals surface area (Å²) in [5.41, 5.74) is 5.26. The van der Waals surface area contributed by atoms with Crippen LogP contribution in [0, 0.1) is 0 Å². The average molecular weight is 366 g/mol. The largest absolute Gasteiger partial charge is 3.00 e. The molecule has 0 aromatic carbocycles. The van der Waals surface area contributed by atoms with E-state index in [9.17, 15) is 10.2 Å². The maximum atomic E-state index is 9.20. The molecule has 0 aromatic rings. The van der Waals surface area contributed by atoms with Crippen LogP contribution in [0.2, 0.25) is 0 Å². The molecule has 1 rings (SSSR count). The Morgan fingerprint density at radius 1 is 1.16 bits per heavy atom. The Labute approximate surface area is 126 Å². The molecular weight excluding hydrogens is 353 g/mol. The molecule has 10 nitrogen and oxygen atoms in total. The minimum Gasteiger partial charge on any atom is -1.00 e. The third kappa shape index (κ3) is 9.90. The molecule has 1 aliphatic heterocycles. The predicted molar refractivity (Wildman–Crippen MR) is 48.4 cm³/mol. The van der Waals surface area contributed by atoms with E-state index in [-0.39, 0.29) is 29.5 Å². The van der Waals surface area contributed by atoms with Crippen molar-refractivity contribution in [2.24, 2.45) is 5.73 Å². The summed E-state index contributed by atoms with van der Waals surface area (Å²) < 4.78 is 38.8. The van der Waals surface area contributed by atoms with Gasteiger partial charge in [-0.2, -0.15) is 0 Å². The van der Waals surface area contributed by atoms with Gasteiger partial charge in [-0.15, -0.1) is 0 Å². The molecule has 0 bridgehead atoms. The molecule has 1 heterocycles. The van der Waals surface area contributed by atoms with Gasteiger partial charge >= 0.3 is 17.1 Å². The second kappa shape index (κ2) is 10.2. The number of halogens is 1. The van der Waals surface area contributed by atoms with Crippen molar-refractivity contribution in [2.45, 2.75) is 30.6 Å². The van der Waals surface area contributed by atoms with Gasteiger partial charge < -0.3 is 52.4 Å². The fraction of sp³-hybridized carbons (Fsp3) is 1.00. The monoisotopic (exact) mass is 365 g/mol. The molecule has 1 saturated heterocycles. The zero-order valence-electron chi connectivity index (χ0n) is 9.17. The van der Waals surface area contributed by atoms with Gasteiger partial charge in [0, 0.05) is 10.4 Å². The molecule has 5 atom stereocenters. The first-order valence-corrected chi connectivity index (χ1v) is 5.64. The smallest absolute Gasteiger partial charge is 1.00 e. The van der Waals surface area contributed by atoms with E-state index in [4.69, 9.17) is 38.2 Å². The molecule has 0 amide bonds. The number of nitrogens with two attached hydrogens (primary N) is 1. The topological polar surface area (TPSA) is 196 Å². The van der Waals surface area contributed by atoms with Crippen molar-refractivity contribution in [1.82, 2.24) is 0 Å². The fourth-order valence-electron chi connectivity index (χ4n) is 1.12. The van der Waals surface area contributed by atoms with Gasteiger partial charge in [0.1, 0.15) is 18.3 Å². The Kier molecular flexibility index (Phi) is 13.1. The Balaban J connectivity index is -0.000000320. The Bertz CT molecular complexity index is 318. The Hall–Kier alpha value is 0.439. The van der Waals surface area contributed by atoms with Crippen LogP contribution in [0.15, 0.2) is 0 Å². The molecule has 1 unspecified atom stereocenters. The van der Waals surface area contributed by atoms with E-state index in [1.165, 1.54) is 0 Å². The normalized spacial score (nSPS) is 34.2. The van der Waals surface area contributed by atoms with Crippen molar-refractivity contribution in [3.8, 4) is 0 Å². The van der Waals surface area contributed by atoms with E-state index in [0.717, 1.165) is 0 Å². The summed E-state index contributed by atoms with van der Waals surface area (Å²) in [5.74, 6) is 0. The summed E-state index contributed by atoms with van der Waals surface area (Å²) in [7, 11) is -5.17. The van der Waals surface area contributed by atoms with Gasteiger partial charge in [-0.3, -0.25) is 8.42 Å². The van der Waals surface area contributed by atoms with Crippen LogP contribution in [-0.2, 0) is 32.2 Å². The van der Waals surface area contributed by atoms with Crippen LogP contribution in [-0.4, -0.2) is 75.2 Å². The van der Waals surface area contributed by atoms with Gasteiger partial charge in [0.2, 0.25) is 0 Å². The number of aliphatic hydroxyl groups excluding tert-OH is 4. The summed E-state index contributed by atoms with van der Waals surface area (Å²) in [4.78, 5) is 0. The van der Waals surface area contributed by atoms with Crippen molar-refractivity contribution >= 4 is 10.4 Å². The van der Waals surface area contributed by atoms with Crippen molar-refractivity contribution in [1.29, 1.82) is 0 Å². The first kappa shape index (κ1) is 24.5. The van der Waals surface area contributed by atoms with E-state index >= 15 is 0 Å². The summed E-state index contributed by atoms with van der Waals surface area (Å²) in [5, 5.41) is 36.1. The zero-order chi connectivity index (χ0) is 13.8. The summed E-state index contributed by atoms with van der Waals surface area (Å²) >= 11 is 0. The Morgan fingerprint density at radius 3 is 1.84 bits per heavy atom. The Morgan fingerprint density at radius 2 is 1.53 bits per heavy atom. The molecule has 13 heteroatoms. The quantitative estimate of drug-likeness (QED) is 0.169. The fourth-order valence-corrected chi connectivity index (χ4v) is 1.12. The summed E-state index contributed by atoms with van der Waals surface area (Å²) in [6, 6.07) is -1.04. The predicted octanol–water partition coefficient (Wildman–Crippen LogP) is -7.59. The molecule has 0 spiro atoms. The zero-order valence-corrected chi connectivity index (χ0v) is 11.9. The standard InChI is InChI=1S/C6H13NO5.ClH.Mn.H2O4S/c7-3-5(10)4(9)2(1-8)12-6(3)11;;;1-5(2,3)4/h2-6,8-11H,1,7H2;1H;;(H2,1,2,3,4)/q;;+3;/p-3/t2-,3-,4-,5-,6?;;;/m1.../s1. The van der Waals surface area contributed by atoms with E-state index in [2.05, 4.69) is 0 Å². The summed E-state index contributed by atoms with van der Waals surface area (Å²) in [6.07, 6.45) is -4.85. The van der Waals surface area contributed by atoms with Gasteiger partial charge in [0.05, 0.1) is 12.6 Å². The number of aliphatic hydroxyl groups is 4. The first-order chi connectivity index (χ1) is 7.57. The minimum absolute atomic E-state index is 0. The molecule has 116 valence electrons. The van der Waals surface area contributed by atoms with Crippen LogP contribution in [0.3, 0.4) is 0 Å². The van der Waals surface area contributed by atoms with Gasteiger partial charge in [0.15, 0.2) is 6.29 Å². The van der Waals surface area contributed by atoms with Gasteiger partial charge in [-0.1, -0.05) is 0 Å². The summed E-state index contributed by atoms with van der Waals surface area (Å²) in [6.45, 7) is -0.470. The van der Waals surface area contributed by atoms with Crippen LogP contribution in [0.5, 0.6) is 0 Å². The SMILES string of the molecule is N[C@H]1C(O)O[C@H](CO)[C@@H](O)[C@@H]1O.O=S(=O)([O-])[O-].[Cl-].[Mn+3]. The molecule has 19 heavy (non-hydrogen) atoms. The maximum Gasteiger partial charge on any atom is 3.00 e. The van der Waals surface area contributed by atoms with Crippen LogP contribution < -0.4 is 18.1 Å². The third-order valence-electron chi connectivity index (χ3n) is 1.95. The third-order valence-corrected chi connectivity index (χ3v) is 1.95. The second-order valence-electron chi connectivity index (χ2n) is 3.21. The second-order valence-corrected chi connectivity index (χ2v) is 4.03. The molecule has 6 N–H and O–H groups in total. The van der Waals surface area contributed by atoms with Gasteiger partial charge in [-0.25, -0.2) is 0 Å². The minimum atomic E-state index is -5.17. The van der Waals surface area contributed by atoms with Crippen LogP contribution in [0.4, 0.5) is 0 Å². The molecule has 1 fully saturated rings. The van der Waals surface area contributed by atoms with E-state index in [1.807, 2.05) is 0 Å². The number of rotatable bonds is 1. The molecule has 1 aliphatic rings. The maximum absolute atomic E-state index is 9.20. The average Bonchev–Trinajstić information content (AvgIpc) is 2.18. The number of ether oxygens (including phenoxy) is 1. The van der Waals surface area contributed by atoms with Crippen molar-refractivity contribution in [3.63, 3.8) is 0 Å². The first-order valence-electron chi connectivity index (χ1n) is 4.30. The molecular formula is C6H13ClMnNO9S. The van der Waals surface area contributed by atoms with E-state index in [0.29, 0.717) is 0 Å². The van der Waals surface area contributed by atoms with Gasteiger partial charge in [-0.05, 0) is 0 Å². The van der Waals surface area contributed by atoms with Crippen LogP contribution >= 0.6 is 0 Å². The van der Waals surface area contributed by atoms with E-state index in [1.54, 1.807) is 0 Å². The van der Waals surface area contributed by atoms with Crippen LogP contribution in [0.1, 0.15) is 0 Å². The van der Waals surface area contributed by atoms with Crippen molar-refractivity contribution < 1.29 is 72.2 Å². The van der Waals surface area contributed by atoms with E-state index < -0.39 is 47.6 Å². The molecule has 0 aromatic heterocycles. The van der Waals surface area contributed by atoms with Gasteiger partial charge in [0.25, 0.3) is 0 Å².